The highest BCUT2D eigenvalue weighted by molar-refractivity contribution is 5.94. The van der Waals surface area contributed by atoms with E-state index in [1.165, 1.54) is 5.56 Å². The van der Waals surface area contributed by atoms with Crippen molar-refractivity contribution < 1.29 is 9.21 Å². The second-order valence-electron chi connectivity index (χ2n) is 7.93. The molecular weight excluding hydrogens is 362 g/mol. The number of aromatic nitrogens is 1. The van der Waals surface area contributed by atoms with E-state index in [9.17, 15) is 4.79 Å². The minimum Gasteiger partial charge on any atom is -0.440 e. The molecule has 0 spiro atoms. The zero-order valence-electron chi connectivity index (χ0n) is 16.5. The maximum absolute atomic E-state index is 13.2. The predicted octanol–water partition coefficient (Wildman–Crippen LogP) is 4.18. The number of oxazole rings is 1. The Bertz CT molecular complexity index is 972. The van der Waals surface area contributed by atoms with Gasteiger partial charge in [0.2, 0.25) is 5.89 Å². The third kappa shape index (κ3) is 3.96. The van der Waals surface area contributed by atoms with E-state index in [0.717, 1.165) is 56.9 Å². The van der Waals surface area contributed by atoms with E-state index >= 15 is 0 Å². The largest absolute Gasteiger partial charge is 0.440 e. The lowest BCUT2D eigenvalue weighted by atomic mass is 10.2. The Balaban J connectivity index is 1.29. The van der Waals surface area contributed by atoms with E-state index in [2.05, 4.69) is 34.1 Å². The summed E-state index contributed by atoms with van der Waals surface area (Å²) in [5.74, 6) is 1.69. The van der Waals surface area contributed by atoms with Crippen LogP contribution in [0.2, 0.25) is 0 Å². The van der Waals surface area contributed by atoms with Gasteiger partial charge in [-0.2, -0.15) is 0 Å². The van der Waals surface area contributed by atoms with Crippen LogP contribution < -0.4 is 0 Å². The van der Waals surface area contributed by atoms with Crippen molar-refractivity contribution in [1.82, 2.24) is 14.8 Å². The fourth-order valence-electron chi connectivity index (χ4n) is 3.91. The quantitative estimate of drug-likeness (QED) is 0.659. The summed E-state index contributed by atoms with van der Waals surface area (Å²) in [6, 6.07) is 20.3. The van der Waals surface area contributed by atoms with Crippen LogP contribution in [0.4, 0.5) is 0 Å². The lowest BCUT2D eigenvalue weighted by Crippen LogP contribution is -2.48. The standard InChI is InChI=1S/C24H25N3O2/c28-24(27-15-13-26(14-16-27)17-18-7-3-1-4-8-18)21-22(19-11-12-19)29-23(25-21)20-9-5-2-6-10-20/h1-10,19H,11-17H2. The maximum Gasteiger partial charge on any atom is 0.276 e. The molecule has 5 rings (SSSR count). The van der Waals surface area contributed by atoms with E-state index in [1.807, 2.05) is 41.3 Å². The normalized spacial score (nSPS) is 17.4. The molecule has 0 bridgehead atoms. The van der Waals surface area contributed by atoms with Gasteiger partial charge in [-0.3, -0.25) is 9.69 Å². The summed E-state index contributed by atoms with van der Waals surface area (Å²) in [6.45, 7) is 4.14. The van der Waals surface area contributed by atoms with Crippen LogP contribution in [0.1, 0.15) is 40.6 Å². The molecule has 1 saturated heterocycles. The predicted molar refractivity (Wildman–Crippen MR) is 112 cm³/mol. The second kappa shape index (κ2) is 7.84. The number of carbonyl (C=O) groups excluding carboxylic acids is 1. The average Bonchev–Trinajstić information content (AvgIpc) is 3.53. The Morgan fingerprint density at radius 1 is 0.931 bits per heavy atom. The first-order valence-corrected chi connectivity index (χ1v) is 10.4. The van der Waals surface area contributed by atoms with E-state index in [1.54, 1.807) is 0 Å². The van der Waals surface area contributed by atoms with Gasteiger partial charge in [0.05, 0.1) is 0 Å². The minimum atomic E-state index is 0.0113. The molecule has 2 fully saturated rings. The summed E-state index contributed by atoms with van der Waals surface area (Å²) in [7, 11) is 0. The molecule has 5 nitrogen and oxygen atoms in total. The van der Waals surface area contributed by atoms with Gasteiger partial charge in [-0.15, -0.1) is 0 Å². The molecule has 2 aliphatic rings. The molecule has 1 saturated carbocycles. The van der Waals surface area contributed by atoms with Crippen molar-refractivity contribution in [3.8, 4) is 11.5 Å². The SMILES string of the molecule is O=C(c1nc(-c2ccccc2)oc1C1CC1)N1CCN(Cc2ccccc2)CC1. The first-order chi connectivity index (χ1) is 14.3. The van der Waals surface area contributed by atoms with Gasteiger partial charge in [0.1, 0.15) is 5.76 Å². The van der Waals surface area contributed by atoms with Crippen LogP contribution in [0, 0.1) is 0 Å². The molecule has 2 heterocycles. The molecule has 148 valence electrons. The number of benzene rings is 2. The first kappa shape index (κ1) is 18.1. The summed E-state index contributed by atoms with van der Waals surface area (Å²) >= 11 is 0. The van der Waals surface area contributed by atoms with Crippen molar-refractivity contribution in [1.29, 1.82) is 0 Å². The fourth-order valence-corrected chi connectivity index (χ4v) is 3.91. The van der Waals surface area contributed by atoms with E-state index < -0.39 is 0 Å². The Labute approximate surface area is 171 Å². The highest BCUT2D eigenvalue weighted by atomic mass is 16.4. The van der Waals surface area contributed by atoms with Crippen molar-refractivity contribution in [3.63, 3.8) is 0 Å². The van der Waals surface area contributed by atoms with Gasteiger partial charge in [-0.05, 0) is 30.5 Å². The number of rotatable bonds is 5. The lowest BCUT2D eigenvalue weighted by molar-refractivity contribution is 0.0621. The lowest BCUT2D eigenvalue weighted by Gasteiger charge is -2.34. The van der Waals surface area contributed by atoms with Crippen LogP contribution in [-0.2, 0) is 6.54 Å². The second-order valence-corrected chi connectivity index (χ2v) is 7.93. The number of amides is 1. The third-order valence-electron chi connectivity index (χ3n) is 5.73. The summed E-state index contributed by atoms with van der Waals surface area (Å²) in [6.07, 6.45) is 2.16. The van der Waals surface area contributed by atoms with Gasteiger partial charge < -0.3 is 9.32 Å². The molecule has 2 aromatic carbocycles. The van der Waals surface area contributed by atoms with Gasteiger partial charge in [-0.1, -0.05) is 48.5 Å². The highest BCUT2D eigenvalue weighted by Crippen LogP contribution is 2.43. The van der Waals surface area contributed by atoms with Crippen LogP contribution in [0.5, 0.6) is 0 Å². The molecule has 0 unspecified atom stereocenters. The summed E-state index contributed by atoms with van der Waals surface area (Å²) in [4.78, 5) is 22.2. The average molecular weight is 387 g/mol. The van der Waals surface area contributed by atoms with E-state index in [-0.39, 0.29) is 5.91 Å². The smallest absolute Gasteiger partial charge is 0.276 e. The van der Waals surface area contributed by atoms with Crippen LogP contribution >= 0.6 is 0 Å². The summed E-state index contributed by atoms with van der Waals surface area (Å²) in [5, 5.41) is 0. The van der Waals surface area contributed by atoms with Crippen molar-refractivity contribution in [2.45, 2.75) is 25.3 Å². The molecule has 0 radical (unpaired) electrons. The maximum atomic E-state index is 13.2. The van der Waals surface area contributed by atoms with Gasteiger partial charge in [0.25, 0.3) is 5.91 Å². The Morgan fingerprint density at radius 2 is 1.59 bits per heavy atom. The molecule has 1 aliphatic heterocycles. The Hall–Kier alpha value is -2.92. The number of hydrogen-bond donors (Lipinski definition) is 0. The molecule has 3 aromatic rings. The van der Waals surface area contributed by atoms with Crippen LogP contribution in [0.15, 0.2) is 65.1 Å². The molecule has 1 aromatic heterocycles. The van der Waals surface area contributed by atoms with Gasteiger partial charge in [0, 0.05) is 44.2 Å². The topological polar surface area (TPSA) is 49.6 Å². The van der Waals surface area contributed by atoms with Gasteiger partial charge >= 0.3 is 0 Å². The molecule has 5 heteroatoms. The zero-order valence-corrected chi connectivity index (χ0v) is 16.5. The molecule has 1 amide bonds. The molecule has 29 heavy (non-hydrogen) atoms. The van der Waals surface area contributed by atoms with Gasteiger partial charge in [0.15, 0.2) is 5.69 Å². The molecular formula is C24H25N3O2. The zero-order chi connectivity index (χ0) is 19.6. The number of hydrogen-bond acceptors (Lipinski definition) is 4. The number of carbonyl (C=O) groups is 1. The summed E-state index contributed by atoms with van der Waals surface area (Å²) in [5.41, 5.74) is 2.75. The summed E-state index contributed by atoms with van der Waals surface area (Å²) < 4.78 is 6.07. The Kier molecular flexibility index (Phi) is 4.90. The van der Waals surface area contributed by atoms with Crippen molar-refractivity contribution in [3.05, 3.63) is 77.7 Å². The minimum absolute atomic E-state index is 0.0113. The fraction of sp³-hybridized carbons (Fsp3) is 0.333. The number of piperazine rings is 1. The van der Waals surface area contributed by atoms with Crippen molar-refractivity contribution in [2.24, 2.45) is 0 Å². The van der Waals surface area contributed by atoms with E-state index in [0.29, 0.717) is 17.5 Å². The number of nitrogens with zero attached hydrogens (tertiary/aromatic N) is 3. The third-order valence-corrected chi connectivity index (χ3v) is 5.73. The van der Waals surface area contributed by atoms with Crippen molar-refractivity contribution >= 4 is 5.91 Å². The molecule has 1 aliphatic carbocycles. The van der Waals surface area contributed by atoms with Crippen LogP contribution in [0.25, 0.3) is 11.5 Å². The van der Waals surface area contributed by atoms with Crippen LogP contribution in [0.3, 0.4) is 0 Å². The van der Waals surface area contributed by atoms with Gasteiger partial charge in [-0.25, -0.2) is 4.98 Å². The highest BCUT2D eigenvalue weighted by Gasteiger charge is 2.36. The first-order valence-electron chi connectivity index (χ1n) is 10.4. The molecule has 0 N–H and O–H groups in total. The van der Waals surface area contributed by atoms with Crippen molar-refractivity contribution in [2.75, 3.05) is 26.2 Å². The van der Waals surface area contributed by atoms with Crippen LogP contribution in [-0.4, -0.2) is 46.9 Å². The van der Waals surface area contributed by atoms with E-state index in [4.69, 9.17) is 4.42 Å². The monoisotopic (exact) mass is 387 g/mol. The Morgan fingerprint density at radius 3 is 2.24 bits per heavy atom. The molecule has 0 atom stereocenters.